The van der Waals surface area contributed by atoms with Gasteiger partial charge in [-0.25, -0.2) is 0 Å². The second kappa shape index (κ2) is 18.1. The number of para-hydroxylation sites is 3. The van der Waals surface area contributed by atoms with Crippen molar-refractivity contribution in [2.75, 3.05) is 32.3 Å². The number of rotatable bonds is 2. The molecule has 3 aromatic rings. The van der Waals surface area contributed by atoms with Crippen LogP contribution in [0, 0.1) is 0 Å². The van der Waals surface area contributed by atoms with Gasteiger partial charge in [0.25, 0.3) is 0 Å². The van der Waals surface area contributed by atoms with E-state index in [2.05, 4.69) is 30.3 Å². The molecule has 0 radical (unpaired) electrons. The second-order valence-corrected chi connectivity index (χ2v) is 5.92. The van der Waals surface area contributed by atoms with Gasteiger partial charge in [-0.05, 0) is 42.7 Å². The molecule has 0 amide bonds. The van der Waals surface area contributed by atoms with Crippen LogP contribution < -0.4 is 25.7 Å². The lowest BCUT2D eigenvalue weighted by Gasteiger charge is -2.15. The highest BCUT2D eigenvalue weighted by molar-refractivity contribution is 5.51. The summed E-state index contributed by atoms with van der Waals surface area (Å²) in [5.41, 5.74) is 13.6. The molecular formula is C26H41N3O3. The summed E-state index contributed by atoms with van der Waals surface area (Å²) in [6, 6.07) is 17.3. The topological polar surface area (TPSA) is 92.6 Å². The maximum Gasteiger partial charge on any atom is 0.159 e. The number of hydrogen-bond donors (Lipinski definition) is 2. The lowest BCUT2D eigenvalue weighted by molar-refractivity contribution is 0.288. The van der Waals surface area contributed by atoms with Crippen LogP contribution in [0.25, 0.3) is 0 Å². The van der Waals surface area contributed by atoms with Crippen LogP contribution in [0.2, 0.25) is 0 Å². The summed E-state index contributed by atoms with van der Waals surface area (Å²) in [4.78, 5) is 3.81. The van der Waals surface area contributed by atoms with Gasteiger partial charge in [-0.2, -0.15) is 0 Å². The van der Waals surface area contributed by atoms with Crippen molar-refractivity contribution in [3.8, 4) is 17.2 Å². The fourth-order valence-corrected chi connectivity index (χ4v) is 2.52. The fourth-order valence-electron chi connectivity index (χ4n) is 2.52. The molecule has 0 atom stereocenters. The van der Waals surface area contributed by atoms with Crippen molar-refractivity contribution in [1.82, 2.24) is 4.98 Å². The number of ether oxygens (including phenoxy) is 3. The largest absolute Gasteiger partial charge is 0.495 e. The van der Waals surface area contributed by atoms with Gasteiger partial charge >= 0.3 is 0 Å². The molecule has 0 fully saturated rings. The fraction of sp³-hybridized carbons (Fsp3) is 0.269. The van der Waals surface area contributed by atoms with E-state index in [1.54, 1.807) is 38.7 Å². The minimum atomic E-state index is 0. The zero-order chi connectivity index (χ0) is 24.2. The summed E-state index contributed by atoms with van der Waals surface area (Å²) in [6.07, 6.45) is 5.54. The minimum Gasteiger partial charge on any atom is -0.495 e. The molecule has 1 aromatic heterocycles. The summed E-state index contributed by atoms with van der Waals surface area (Å²) < 4.78 is 15.2. The quantitative estimate of drug-likeness (QED) is 0.357. The predicted octanol–water partition coefficient (Wildman–Crippen LogP) is 6.28. The summed E-state index contributed by atoms with van der Waals surface area (Å²) in [6.45, 7) is 10.9. The van der Waals surface area contributed by atoms with Crippen LogP contribution in [0.1, 0.15) is 28.7 Å². The minimum absolute atomic E-state index is 0. The van der Waals surface area contributed by atoms with E-state index in [1.807, 2.05) is 44.2 Å². The summed E-state index contributed by atoms with van der Waals surface area (Å²) in [5, 5.41) is 0. The number of nitrogens with two attached hydrogens (primary N) is 2. The molecule has 2 aromatic carbocycles. The zero-order valence-electron chi connectivity index (χ0n) is 19.7. The first-order valence-corrected chi connectivity index (χ1v) is 10.5. The molecule has 4 rings (SSSR count). The number of fused-ring (bicyclic) bond motifs is 1. The second-order valence-electron chi connectivity index (χ2n) is 5.92. The predicted molar refractivity (Wildman–Crippen MR) is 140 cm³/mol. The smallest absolute Gasteiger partial charge is 0.159 e. The number of methoxy groups -OCH3 is 2. The van der Waals surface area contributed by atoms with E-state index in [4.69, 9.17) is 25.7 Å². The van der Waals surface area contributed by atoms with E-state index in [-0.39, 0.29) is 2.85 Å². The molecule has 2 heterocycles. The molecule has 32 heavy (non-hydrogen) atoms. The highest BCUT2D eigenvalue weighted by Gasteiger charge is 2.07. The Hall–Kier alpha value is -3.67. The summed E-state index contributed by atoms with van der Waals surface area (Å²) in [7, 11) is 3.17. The van der Waals surface area contributed by atoms with Crippen LogP contribution in [0.15, 0.2) is 80.1 Å². The van der Waals surface area contributed by atoms with Crippen LogP contribution in [0.4, 0.5) is 11.4 Å². The van der Waals surface area contributed by atoms with Crippen LogP contribution >= 0.6 is 0 Å². The lowest BCUT2D eigenvalue weighted by atomic mass is 10.1. The van der Waals surface area contributed by atoms with Gasteiger partial charge in [-0.15, -0.1) is 13.2 Å². The van der Waals surface area contributed by atoms with E-state index in [0.717, 1.165) is 24.5 Å². The molecule has 0 aliphatic carbocycles. The first-order valence-electron chi connectivity index (χ1n) is 10.5. The van der Waals surface area contributed by atoms with Gasteiger partial charge in [0, 0.05) is 9.05 Å². The highest BCUT2D eigenvalue weighted by Crippen LogP contribution is 2.23. The van der Waals surface area contributed by atoms with E-state index >= 15 is 0 Å². The molecule has 6 heteroatoms. The van der Waals surface area contributed by atoms with Crippen LogP contribution in [-0.4, -0.2) is 25.8 Å². The first-order chi connectivity index (χ1) is 15.7. The first kappa shape index (κ1) is 28.3. The number of aromatic nitrogens is 1. The van der Waals surface area contributed by atoms with Crippen molar-refractivity contribution in [3.63, 3.8) is 0 Å². The molecule has 1 aliphatic heterocycles. The number of hydrogen-bond acceptors (Lipinski definition) is 6. The number of pyridine rings is 1. The molecule has 0 bridgehead atoms. The van der Waals surface area contributed by atoms with Gasteiger partial charge in [0.1, 0.15) is 11.5 Å². The summed E-state index contributed by atoms with van der Waals surface area (Å²) >= 11 is 0. The maximum atomic E-state index is 5.51. The van der Waals surface area contributed by atoms with Gasteiger partial charge < -0.3 is 25.7 Å². The van der Waals surface area contributed by atoms with Crippen LogP contribution in [0.5, 0.6) is 17.2 Å². The summed E-state index contributed by atoms with van der Waals surface area (Å²) in [5.74, 6) is 2.43. The Balaban J connectivity index is -0.000000385. The number of nitrogen functional groups attached to an aromatic ring is 2. The Labute approximate surface area is 195 Å². The Morgan fingerprint density at radius 3 is 2.00 bits per heavy atom. The maximum absolute atomic E-state index is 5.51. The molecule has 178 valence electrons. The average Bonchev–Trinajstić information content (AvgIpc) is 2.88. The average molecular weight is 444 g/mol. The van der Waals surface area contributed by atoms with Crippen molar-refractivity contribution in [2.45, 2.75) is 26.7 Å². The molecule has 0 saturated carbocycles. The van der Waals surface area contributed by atoms with Crippen molar-refractivity contribution in [1.29, 1.82) is 0 Å². The van der Waals surface area contributed by atoms with E-state index < -0.39 is 0 Å². The van der Waals surface area contributed by atoms with Crippen molar-refractivity contribution in [2.24, 2.45) is 0 Å². The number of benzene rings is 2. The monoisotopic (exact) mass is 443 g/mol. The van der Waals surface area contributed by atoms with Gasteiger partial charge in [-0.1, -0.05) is 44.2 Å². The lowest BCUT2D eigenvalue weighted by Crippen LogP contribution is -2.07. The molecule has 0 saturated heterocycles. The van der Waals surface area contributed by atoms with Crippen LogP contribution in [-0.2, 0) is 6.42 Å². The normalized spacial score (nSPS) is 10.2. The zero-order valence-corrected chi connectivity index (χ0v) is 19.7. The van der Waals surface area contributed by atoms with Crippen molar-refractivity contribution >= 4 is 11.4 Å². The Kier molecular flexibility index (Phi) is 16.0. The Morgan fingerprint density at radius 2 is 1.47 bits per heavy atom. The SMILES string of the molecule is C=C.CC.COc1ccccc1N.COc1cnccc1N.[HH].[HH].c1ccc2c(c1)CCCO2. The molecule has 6 nitrogen and oxygen atoms in total. The number of nitrogens with zero attached hydrogens (tertiary/aromatic N) is 1. The Bertz CT molecular complexity index is 813. The van der Waals surface area contributed by atoms with Gasteiger partial charge in [-0.3, -0.25) is 4.98 Å². The van der Waals surface area contributed by atoms with Crippen LogP contribution in [0.3, 0.4) is 0 Å². The standard InChI is InChI=1S/C9H10O.C7H9NO.C6H8N2O.C2H6.C2H4.2H2/c1-2-6-9-8(4-1)5-3-7-10-9;1-9-7-5-3-2-4-6(7)8;1-9-6-4-8-3-2-5(6)7;2*1-2;;/h1-2,4,6H,3,5,7H2;2-5H,8H2,1H3;2-4H,1H3,(H2,7,8);1-2H3;1-2H2;2*1H. The Morgan fingerprint density at radius 1 is 0.875 bits per heavy atom. The molecule has 0 spiro atoms. The van der Waals surface area contributed by atoms with Gasteiger partial charge in [0.2, 0.25) is 0 Å². The van der Waals surface area contributed by atoms with E-state index in [1.165, 1.54) is 12.0 Å². The third-order valence-electron chi connectivity index (χ3n) is 4.00. The van der Waals surface area contributed by atoms with Gasteiger partial charge in [0.05, 0.1) is 38.4 Å². The molecule has 0 unspecified atom stereocenters. The number of anilines is 2. The van der Waals surface area contributed by atoms with E-state index in [0.29, 0.717) is 17.1 Å². The third-order valence-corrected chi connectivity index (χ3v) is 4.00. The van der Waals surface area contributed by atoms with Gasteiger partial charge in [0.15, 0.2) is 5.75 Å². The van der Waals surface area contributed by atoms with Crippen molar-refractivity contribution < 1.29 is 17.1 Å². The molecule has 4 N–H and O–H groups in total. The number of aryl methyl sites for hydroxylation is 1. The molecular weight excluding hydrogens is 402 g/mol. The van der Waals surface area contributed by atoms with E-state index in [9.17, 15) is 0 Å². The van der Waals surface area contributed by atoms with Crippen molar-refractivity contribution in [3.05, 3.63) is 85.7 Å². The third kappa shape index (κ3) is 10.4. The highest BCUT2D eigenvalue weighted by atomic mass is 16.5. The molecule has 1 aliphatic rings.